The lowest BCUT2D eigenvalue weighted by Crippen LogP contribution is -2.11. The number of nitrogens with two attached hydrogens (primary N) is 1. The molecule has 0 spiro atoms. The molecule has 0 aromatic carbocycles. The first kappa shape index (κ1) is 10.3. The summed E-state index contributed by atoms with van der Waals surface area (Å²) < 4.78 is 0. The van der Waals surface area contributed by atoms with E-state index < -0.39 is 0 Å². The van der Waals surface area contributed by atoms with Crippen LogP contribution < -0.4 is 5.73 Å². The third-order valence-corrected chi connectivity index (χ3v) is 1.90. The molecule has 0 rings (SSSR count). The first-order valence-corrected chi connectivity index (χ1v) is 4.52. The van der Waals surface area contributed by atoms with Gasteiger partial charge in [-0.15, -0.1) is 0 Å². The fourth-order valence-corrected chi connectivity index (χ4v) is 0.919. The topological polar surface area (TPSA) is 62.2 Å². The van der Waals surface area contributed by atoms with Crippen molar-refractivity contribution in [1.29, 1.82) is 5.26 Å². The zero-order valence-corrected chi connectivity index (χ0v) is 7.69. The molecule has 0 aliphatic heterocycles. The van der Waals surface area contributed by atoms with E-state index in [0.717, 1.165) is 6.42 Å². The molecule has 62 valence electrons. The fourth-order valence-electron chi connectivity index (χ4n) is 0.452. The van der Waals surface area contributed by atoms with Crippen molar-refractivity contribution >= 4 is 16.9 Å². The Morgan fingerprint density at radius 1 is 1.82 bits per heavy atom. The summed E-state index contributed by atoms with van der Waals surface area (Å²) in [6.45, 7) is 4.05. The fraction of sp³-hybridized carbons (Fsp3) is 0.714. The molecule has 0 heterocycles. The second-order valence-corrected chi connectivity index (χ2v) is 3.17. The average molecular weight is 171 g/mol. The maximum Gasteiger partial charge on any atom is 0.155 e. The molecule has 0 saturated heterocycles. The Labute approximate surface area is 71.7 Å². The highest BCUT2D eigenvalue weighted by Crippen LogP contribution is 2.02. The zero-order valence-electron chi connectivity index (χ0n) is 6.87. The largest absolute Gasteiger partial charge is 0.379 e. The van der Waals surface area contributed by atoms with Crippen LogP contribution in [0.4, 0.5) is 0 Å². The third kappa shape index (κ3) is 5.74. The van der Waals surface area contributed by atoms with Gasteiger partial charge in [0.2, 0.25) is 0 Å². The van der Waals surface area contributed by atoms with Crippen LogP contribution in [0.3, 0.4) is 0 Å². The Morgan fingerprint density at radius 2 is 2.45 bits per heavy atom. The van der Waals surface area contributed by atoms with Crippen molar-refractivity contribution < 1.29 is 0 Å². The highest BCUT2D eigenvalue weighted by Gasteiger charge is 1.96. The maximum atomic E-state index is 8.23. The van der Waals surface area contributed by atoms with E-state index in [1.54, 1.807) is 0 Å². The van der Waals surface area contributed by atoms with Crippen LogP contribution in [0.15, 0.2) is 4.99 Å². The zero-order chi connectivity index (χ0) is 8.69. The molecule has 0 aliphatic carbocycles. The van der Waals surface area contributed by atoms with Gasteiger partial charge in [-0.25, -0.2) is 0 Å². The van der Waals surface area contributed by atoms with Crippen LogP contribution in [0.25, 0.3) is 0 Å². The summed E-state index contributed by atoms with van der Waals surface area (Å²) in [4.78, 5) is 4.14. The van der Waals surface area contributed by atoms with Crippen molar-refractivity contribution in [2.45, 2.75) is 26.3 Å². The molecule has 4 heteroatoms. The van der Waals surface area contributed by atoms with Crippen molar-refractivity contribution in [2.24, 2.45) is 10.7 Å². The quantitative estimate of drug-likeness (QED) is 0.515. The molecule has 3 nitrogen and oxygen atoms in total. The Kier molecular flexibility index (Phi) is 5.67. The summed E-state index contributed by atoms with van der Waals surface area (Å²) >= 11 is 1.29. The molecule has 0 amide bonds. The van der Waals surface area contributed by atoms with E-state index in [1.807, 2.05) is 13.0 Å². The molecule has 2 N–H and O–H groups in total. The van der Waals surface area contributed by atoms with E-state index in [2.05, 4.69) is 11.9 Å². The summed E-state index contributed by atoms with van der Waals surface area (Å²) in [5.74, 6) is 0.381. The molecule has 0 bridgehead atoms. The summed E-state index contributed by atoms with van der Waals surface area (Å²) in [7, 11) is 0. The average Bonchev–Trinajstić information content (AvgIpc) is 2.00. The number of aliphatic imine (C=N–C) groups is 1. The van der Waals surface area contributed by atoms with Gasteiger partial charge in [-0.3, -0.25) is 4.99 Å². The second kappa shape index (κ2) is 6.05. The lowest BCUT2D eigenvalue weighted by Gasteiger charge is -2.02. The molecule has 0 aromatic heterocycles. The minimum atomic E-state index is 0.265. The van der Waals surface area contributed by atoms with Gasteiger partial charge < -0.3 is 5.73 Å². The Bertz CT molecular complexity index is 171. The standard InChI is InChI=1S/C7H13N3S/c1-3-6(2)10-7(9)11-5-4-8/h6H,3,5H2,1-2H3,(H2,9,10). The number of hydrogen-bond donors (Lipinski definition) is 1. The Hall–Kier alpha value is -0.690. The van der Waals surface area contributed by atoms with Crippen LogP contribution in [0.5, 0.6) is 0 Å². The van der Waals surface area contributed by atoms with Gasteiger partial charge in [0.15, 0.2) is 5.17 Å². The Morgan fingerprint density at radius 3 is 2.91 bits per heavy atom. The summed E-state index contributed by atoms with van der Waals surface area (Å²) in [6, 6.07) is 2.26. The highest BCUT2D eigenvalue weighted by atomic mass is 32.2. The highest BCUT2D eigenvalue weighted by molar-refractivity contribution is 8.13. The van der Waals surface area contributed by atoms with Crippen molar-refractivity contribution in [3.63, 3.8) is 0 Å². The molecular weight excluding hydrogens is 158 g/mol. The molecule has 1 unspecified atom stereocenters. The maximum absolute atomic E-state index is 8.23. The van der Waals surface area contributed by atoms with Crippen LogP contribution in [0.1, 0.15) is 20.3 Å². The van der Waals surface area contributed by atoms with Crippen molar-refractivity contribution in [2.75, 3.05) is 5.75 Å². The number of rotatable bonds is 3. The number of hydrogen-bond acceptors (Lipinski definition) is 3. The lowest BCUT2D eigenvalue weighted by molar-refractivity contribution is 0.718. The van der Waals surface area contributed by atoms with E-state index in [4.69, 9.17) is 11.0 Å². The van der Waals surface area contributed by atoms with Crippen LogP contribution in [-0.2, 0) is 0 Å². The van der Waals surface area contributed by atoms with Gasteiger partial charge in [-0.05, 0) is 13.3 Å². The number of amidine groups is 1. The minimum absolute atomic E-state index is 0.265. The second-order valence-electron chi connectivity index (χ2n) is 2.17. The third-order valence-electron chi connectivity index (χ3n) is 1.22. The number of nitriles is 1. The van der Waals surface area contributed by atoms with Gasteiger partial charge in [-0.2, -0.15) is 5.26 Å². The molecule has 11 heavy (non-hydrogen) atoms. The normalized spacial score (nSPS) is 14.1. The van der Waals surface area contributed by atoms with E-state index in [1.165, 1.54) is 11.8 Å². The van der Waals surface area contributed by atoms with Crippen molar-refractivity contribution in [3.8, 4) is 6.07 Å². The van der Waals surface area contributed by atoms with Crippen LogP contribution in [-0.4, -0.2) is 17.0 Å². The Balaban J connectivity index is 3.72. The molecule has 0 fully saturated rings. The van der Waals surface area contributed by atoms with Gasteiger partial charge in [0, 0.05) is 6.04 Å². The summed E-state index contributed by atoms with van der Waals surface area (Å²) in [5, 5.41) is 8.74. The molecule has 0 aliphatic rings. The monoisotopic (exact) mass is 171 g/mol. The van der Waals surface area contributed by atoms with E-state index >= 15 is 0 Å². The summed E-state index contributed by atoms with van der Waals surface area (Å²) in [6.07, 6.45) is 0.980. The van der Waals surface area contributed by atoms with Gasteiger partial charge >= 0.3 is 0 Å². The summed E-state index contributed by atoms with van der Waals surface area (Å²) in [5.41, 5.74) is 5.50. The van der Waals surface area contributed by atoms with E-state index in [9.17, 15) is 0 Å². The molecule has 1 atom stereocenters. The van der Waals surface area contributed by atoms with Gasteiger partial charge in [0.1, 0.15) is 0 Å². The first-order chi connectivity index (χ1) is 5.20. The predicted octanol–water partition coefficient (Wildman–Crippen LogP) is 1.36. The van der Waals surface area contributed by atoms with E-state index in [-0.39, 0.29) is 6.04 Å². The minimum Gasteiger partial charge on any atom is -0.379 e. The predicted molar refractivity (Wildman–Crippen MR) is 49.4 cm³/mol. The van der Waals surface area contributed by atoms with Gasteiger partial charge in [-0.1, -0.05) is 18.7 Å². The molecule has 0 aromatic rings. The molecule has 0 saturated carbocycles. The van der Waals surface area contributed by atoms with Crippen molar-refractivity contribution in [3.05, 3.63) is 0 Å². The van der Waals surface area contributed by atoms with Crippen molar-refractivity contribution in [1.82, 2.24) is 0 Å². The van der Waals surface area contributed by atoms with Gasteiger partial charge in [0.05, 0.1) is 11.8 Å². The lowest BCUT2D eigenvalue weighted by atomic mass is 10.3. The number of thioether (sulfide) groups is 1. The van der Waals surface area contributed by atoms with Gasteiger partial charge in [0.25, 0.3) is 0 Å². The first-order valence-electron chi connectivity index (χ1n) is 3.53. The van der Waals surface area contributed by atoms with E-state index in [0.29, 0.717) is 10.9 Å². The molecule has 0 radical (unpaired) electrons. The number of nitrogens with zero attached hydrogens (tertiary/aromatic N) is 2. The van der Waals surface area contributed by atoms with Crippen LogP contribution >= 0.6 is 11.8 Å². The van der Waals surface area contributed by atoms with Crippen LogP contribution in [0, 0.1) is 11.3 Å². The van der Waals surface area contributed by atoms with Crippen LogP contribution in [0.2, 0.25) is 0 Å². The smallest absolute Gasteiger partial charge is 0.155 e. The SMILES string of the molecule is CCC(C)N=C(N)SCC#N. The molecular formula is C7H13N3S.